The first-order valence-electron chi connectivity index (χ1n) is 5.24. The van der Waals surface area contributed by atoms with Gasteiger partial charge in [-0.3, -0.25) is 14.8 Å². The molecule has 0 spiro atoms. The summed E-state index contributed by atoms with van der Waals surface area (Å²) >= 11 is 0. The number of hydroxylamine groups is 1. The van der Waals surface area contributed by atoms with E-state index in [0.29, 0.717) is 6.07 Å². The molecule has 104 valence electrons. The molecule has 0 saturated carbocycles. The molecule has 4 N–H and O–H groups in total. The molecule has 0 aliphatic carbocycles. The van der Waals surface area contributed by atoms with E-state index in [2.05, 4.69) is 5.32 Å². The van der Waals surface area contributed by atoms with Crippen molar-refractivity contribution in [3.05, 3.63) is 35.4 Å². The van der Waals surface area contributed by atoms with Gasteiger partial charge in [-0.2, -0.15) is 0 Å². The van der Waals surface area contributed by atoms with Crippen LogP contribution >= 0.6 is 0 Å². The Kier molecular flexibility index (Phi) is 4.90. The molecule has 0 aliphatic heterocycles. The van der Waals surface area contributed by atoms with Crippen LogP contribution < -0.4 is 10.8 Å². The molecule has 1 aromatic carbocycles. The second-order valence-electron chi connectivity index (χ2n) is 3.80. The van der Waals surface area contributed by atoms with Gasteiger partial charge in [0.05, 0.1) is 6.10 Å². The molecule has 1 unspecified atom stereocenters. The normalized spacial score (nSPS) is 13.5. The van der Waals surface area contributed by atoms with Gasteiger partial charge in [0.25, 0.3) is 11.8 Å². The number of nitrogens with one attached hydrogen (secondary N) is 2. The lowest BCUT2D eigenvalue weighted by Gasteiger charge is -2.19. The van der Waals surface area contributed by atoms with Crippen molar-refractivity contribution in [1.82, 2.24) is 10.8 Å². The van der Waals surface area contributed by atoms with Gasteiger partial charge in [0.1, 0.15) is 6.04 Å². The van der Waals surface area contributed by atoms with E-state index >= 15 is 0 Å². The Bertz CT molecular complexity index is 494. The van der Waals surface area contributed by atoms with Crippen molar-refractivity contribution in [3.63, 3.8) is 0 Å². The summed E-state index contributed by atoms with van der Waals surface area (Å²) < 4.78 is 25.6. The molecular weight excluding hydrogens is 262 g/mol. The standard InChI is InChI=1S/C11H12F2N2O4/c1-5(16)9(11(18)15-19)14-10(17)6-2-3-7(12)8(13)4-6/h2-5,9,16,19H,1H3,(H,14,17)(H,15,18)/t5-,9?/m1/s1. The first-order chi connectivity index (χ1) is 8.86. The van der Waals surface area contributed by atoms with Gasteiger partial charge in [0.15, 0.2) is 11.6 Å². The fourth-order valence-corrected chi connectivity index (χ4v) is 1.34. The van der Waals surface area contributed by atoms with Crippen molar-refractivity contribution < 1.29 is 28.7 Å². The minimum Gasteiger partial charge on any atom is -0.391 e. The number of carbonyl (C=O) groups is 2. The number of benzene rings is 1. The smallest absolute Gasteiger partial charge is 0.268 e. The zero-order valence-corrected chi connectivity index (χ0v) is 9.85. The first kappa shape index (κ1) is 15.0. The molecule has 0 saturated heterocycles. The fourth-order valence-electron chi connectivity index (χ4n) is 1.34. The highest BCUT2D eigenvalue weighted by Gasteiger charge is 2.26. The molecule has 1 aromatic rings. The minimum atomic E-state index is -1.43. The molecule has 1 rings (SSSR count). The number of aliphatic hydroxyl groups is 1. The highest BCUT2D eigenvalue weighted by Crippen LogP contribution is 2.09. The molecule has 0 aliphatic rings. The molecule has 8 heteroatoms. The molecular formula is C11H12F2N2O4. The number of hydrogen-bond donors (Lipinski definition) is 4. The lowest BCUT2D eigenvalue weighted by Crippen LogP contribution is -2.51. The highest BCUT2D eigenvalue weighted by molar-refractivity contribution is 5.97. The SMILES string of the molecule is C[C@@H](O)C(NC(=O)c1ccc(F)c(F)c1)C(=O)NO. The molecule has 2 amide bonds. The van der Waals surface area contributed by atoms with Crippen LogP contribution in [0.1, 0.15) is 17.3 Å². The molecule has 0 aromatic heterocycles. The topological polar surface area (TPSA) is 98.7 Å². The van der Waals surface area contributed by atoms with Crippen LogP contribution in [0.3, 0.4) is 0 Å². The highest BCUT2D eigenvalue weighted by atomic mass is 19.2. The minimum absolute atomic E-state index is 0.227. The van der Waals surface area contributed by atoms with Crippen LogP contribution in [-0.2, 0) is 4.79 Å². The monoisotopic (exact) mass is 274 g/mol. The number of carbonyl (C=O) groups excluding carboxylic acids is 2. The summed E-state index contributed by atoms with van der Waals surface area (Å²) in [5.41, 5.74) is 1.05. The summed E-state index contributed by atoms with van der Waals surface area (Å²) in [6.07, 6.45) is -1.29. The van der Waals surface area contributed by atoms with Crippen molar-refractivity contribution in [2.24, 2.45) is 0 Å². The summed E-state index contributed by atoms with van der Waals surface area (Å²) in [5.74, 6) is -4.26. The Balaban J connectivity index is 2.87. The van der Waals surface area contributed by atoms with Crippen molar-refractivity contribution in [2.75, 3.05) is 0 Å². The van der Waals surface area contributed by atoms with Crippen LogP contribution in [0.5, 0.6) is 0 Å². The van der Waals surface area contributed by atoms with Crippen molar-refractivity contribution >= 4 is 11.8 Å². The van der Waals surface area contributed by atoms with E-state index in [-0.39, 0.29) is 5.56 Å². The molecule has 0 radical (unpaired) electrons. The van der Waals surface area contributed by atoms with Gasteiger partial charge >= 0.3 is 0 Å². The fraction of sp³-hybridized carbons (Fsp3) is 0.273. The third-order valence-electron chi connectivity index (χ3n) is 2.34. The van der Waals surface area contributed by atoms with Gasteiger partial charge in [-0.05, 0) is 25.1 Å². The van der Waals surface area contributed by atoms with Gasteiger partial charge in [-0.1, -0.05) is 0 Å². The van der Waals surface area contributed by atoms with Crippen LogP contribution in [-0.4, -0.2) is 34.3 Å². The van der Waals surface area contributed by atoms with Crippen LogP contribution in [0.15, 0.2) is 18.2 Å². The average molecular weight is 274 g/mol. The second-order valence-corrected chi connectivity index (χ2v) is 3.80. The van der Waals surface area contributed by atoms with E-state index in [9.17, 15) is 23.5 Å². The second kappa shape index (κ2) is 6.21. The number of rotatable bonds is 4. The van der Waals surface area contributed by atoms with Gasteiger partial charge in [-0.15, -0.1) is 0 Å². The predicted molar refractivity (Wildman–Crippen MR) is 59.2 cm³/mol. The van der Waals surface area contributed by atoms with E-state index in [1.54, 1.807) is 0 Å². The quantitative estimate of drug-likeness (QED) is 0.457. The van der Waals surface area contributed by atoms with Crippen molar-refractivity contribution in [2.45, 2.75) is 19.1 Å². The maximum atomic E-state index is 12.9. The third-order valence-corrected chi connectivity index (χ3v) is 2.34. The van der Waals surface area contributed by atoms with E-state index in [0.717, 1.165) is 12.1 Å². The van der Waals surface area contributed by atoms with E-state index in [4.69, 9.17) is 5.21 Å². The van der Waals surface area contributed by atoms with Crippen molar-refractivity contribution in [3.8, 4) is 0 Å². The maximum Gasteiger partial charge on any atom is 0.268 e. The average Bonchev–Trinajstić information content (AvgIpc) is 2.37. The molecule has 6 nitrogen and oxygen atoms in total. The summed E-state index contributed by atoms with van der Waals surface area (Å²) in [6.45, 7) is 1.21. The van der Waals surface area contributed by atoms with Crippen LogP contribution in [0.4, 0.5) is 8.78 Å². The number of halogens is 2. The Morgan fingerprint density at radius 2 is 1.89 bits per heavy atom. The molecule has 2 atom stereocenters. The van der Waals surface area contributed by atoms with Gasteiger partial charge in [0.2, 0.25) is 0 Å². The van der Waals surface area contributed by atoms with Crippen LogP contribution in [0, 0.1) is 11.6 Å². The molecule has 0 bridgehead atoms. The summed E-state index contributed by atoms with van der Waals surface area (Å²) in [7, 11) is 0. The van der Waals surface area contributed by atoms with E-state index in [1.165, 1.54) is 12.4 Å². The van der Waals surface area contributed by atoms with E-state index in [1.807, 2.05) is 0 Å². The Morgan fingerprint density at radius 3 is 2.37 bits per heavy atom. The summed E-state index contributed by atoms with van der Waals surface area (Å²) in [6, 6.07) is 1.00. The zero-order chi connectivity index (χ0) is 14.6. The Hall–Kier alpha value is -2.06. The Morgan fingerprint density at radius 1 is 1.26 bits per heavy atom. The van der Waals surface area contributed by atoms with Gasteiger partial charge < -0.3 is 10.4 Å². The van der Waals surface area contributed by atoms with Crippen LogP contribution in [0.25, 0.3) is 0 Å². The van der Waals surface area contributed by atoms with Gasteiger partial charge in [0, 0.05) is 5.56 Å². The zero-order valence-electron chi connectivity index (χ0n) is 9.85. The number of amides is 2. The number of hydrogen-bond acceptors (Lipinski definition) is 4. The van der Waals surface area contributed by atoms with E-state index < -0.39 is 35.6 Å². The first-order valence-corrected chi connectivity index (χ1v) is 5.24. The molecule has 0 fully saturated rings. The number of aliphatic hydroxyl groups excluding tert-OH is 1. The summed E-state index contributed by atoms with van der Waals surface area (Å²) in [5, 5.41) is 19.8. The molecule has 19 heavy (non-hydrogen) atoms. The lowest BCUT2D eigenvalue weighted by atomic mass is 10.1. The van der Waals surface area contributed by atoms with Crippen LogP contribution in [0.2, 0.25) is 0 Å². The summed E-state index contributed by atoms with van der Waals surface area (Å²) in [4.78, 5) is 22.8. The predicted octanol–water partition coefficient (Wildman–Crippen LogP) is -0.0506. The third kappa shape index (κ3) is 3.70. The lowest BCUT2D eigenvalue weighted by molar-refractivity contribution is -0.133. The molecule has 0 heterocycles. The largest absolute Gasteiger partial charge is 0.391 e. The van der Waals surface area contributed by atoms with Crippen molar-refractivity contribution in [1.29, 1.82) is 0 Å². The van der Waals surface area contributed by atoms with Gasteiger partial charge in [-0.25, -0.2) is 14.3 Å². The maximum absolute atomic E-state index is 12.9. The Labute approximate surface area is 107 Å².